The molecule has 0 spiro atoms. The summed E-state index contributed by atoms with van der Waals surface area (Å²) in [6.07, 6.45) is 3.14. The molecule has 1 aliphatic carbocycles. The first-order valence-electron chi connectivity index (χ1n) is 10.1. The van der Waals surface area contributed by atoms with Crippen molar-refractivity contribution in [3.05, 3.63) is 80.4 Å². The molecule has 0 saturated carbocycles. The number of rotatable bonds is 6. The van der Waals surface area contributed by atoms with Gasteiger partial charge in [0, 0.05) is 22.3 Å². The average Bonchev–Trinajstić information content (AvgIpc) is 3.19. The van der Waals surface area contributed by atoms with Gasteiger partial charge in [-0.15, -0.1) is 0 Å². The van der Waals surface area contributed by atoms with Crippen molar-refractivity contribution in [3.63, 3.8) is 0 Å². The molecule has 0 bridgehead atoms. The Morgan fingerprint density at radius 1 is 1.18 bits per heavy atom. The van der Waals surface area contributed by atoms with Crippen molar-refractivity contribution < 1.29 is 23.6 Å². The zero-order valence-electron chi connectivity index (χ0n) is 17.2. The zero-order chi connectivity index (χ0) is 23.5. The number of ether oxygens (including phenoxy) is 1. The molecule has 4 rings (SSSR count). The first kappa shape index (κ1) is 22.4. The van der Waals surface area contributed by atoms with Crippen LogP contribution >= 0.6 is 11.6 Å². The van der Waals surface area contributed by atoms with Gasteiger partial charge in [-0.25, -0.2) is 13.9 Å². The quantitative estimate of drug-likeness (QED) is 0.325. The molecular formula is C22H18ClFN4O5. The second kappa shape index (κ2) is 9.37. The van der Waals surface area contributed by atoms with Gasteiger partial charge in [0.15, 0.2) is 12.3 Å². The van der Waals surface area contributed by atoms with Crippen LogP contribution in [0.4, 0.5) is 15.8 Å². The molecule has 0 aliphatic heterocycles. The van der Waals surface area contributed by atoms with E-state index in [1.54, 1.807) is 16.8 Å². The highest BCUT2D eigenvalue weighted by Crippen LogP contribution is 2.29. The lowest BCUT2D eigenvalue weighted by molar-refractivity contribution is -0.383. The van der Waals surface area contributed by atoms with Crippen molar-refractivity contribution in [1.82, 2.24) is 9.78 Å². The molecule has 0 unspecified atom stereocenters. The van der Waals surface area contributed by atoms with Crippen molar-refractivity contribution in [3.8, 4) is 5.69 Å². The summed E-state index contributed by atoms with van der Waals surface area (Å²) >= 11 is 5.77. The highest BCUT2D eigenvalue weighted by Gasteiger charge is 2.27. The molecule has 11 heteroatoms. The van der Waals surface area contributed by atoms with Crippen LogP contribution in [0.15, 0.2) is 42.5 Å². The third-order valence-corrected chi connectivity index (χ3v) is 5.44. The third-order valence-electron chi connectivity index (χ3n) is 5.21. The summed E-state index contributed by atoms with van der Waals surface area (Å²) < 4.78 is 20.0. The Morgan fingerprint density at radius 2 is 1.91 bits per heavy atom. The predicted molar refractivity (Wildman–Crippen MR) is 117 cm³/mol. The van der Waals surface area contributed by atoms with Gasteiger partial charge in [-0.3, -0.25) is 14.9 Å². The van der Waals surface area contributed by atoms with Gasteiger partial charge >= 0.3 is 5.97 Å². The molecule has 1 aliphatic rings. The molecule has 0 saturated heterocycles. The van der Waals surface area contributed by atoms with Crippen LogP contribution in [-0.4, -0.2) is 33.2 Å². The first-order chi connectivity index (χ1) is 15.8. The molecular weight excluding hydrogens is 455 g/mol. The number of nitrogens with one attached hydrogen (secondary N) is 1. The summed E-state index contributed by atoms with van der Waals surface area (Å²) in [5.41, 5.74) is 1.85. The van der Waals surface area contributed by atoms with E-state index in [0.29, 0.717) is 18.5 Å². The predicted octanol–water partition coefficient (Wildman–Crippen LogP) is 4.25. The SMILES string of the molecule is O=C(COC(=O)c1nn(-c2ccc(F)cc2)c2c1CCCC2)Nc1ccc(Cl)cc1[N+](=O)[O-]. The summed E-state index contributed by atoms with van der Waals surface area (Å²) in [4.78, 5) is 35.5. The van der Waals surface area contributed by atoms with E-state index < -0.39 is 23.4 Å². The van der Waals surface area contributed by atoms with E-state index >= 15 is 0 Å². The Morgan fingerprint density at radius 3 is 2.64 bits per heavy atom. The van der Waals surface area contributed by atoms with E-state index in [2.05, 4.69) is 10.4 Å². The topological polar surface area (TPSA) is 116 Å². The lowest BCUT2D eigenvalue weighted by atomic mass is 9.95. The summed E-state index contributed by atoms with van der Waals surface area (Å²) in [5.74, 6) is -1.92. The highest BCUT2D eigenvalue weighted by molar-refractivity contribution is 6.31. The van der Waals surface area contributed by atoms with Crippen molar-refractivity contribution in [2.45, 2.75) is 25.7 Å². The molecule has 170 valence electrons. The van der Waals surface area contributed by atoms with Crippen LogP contribution in [0.3, 0.4) is 0 Å². The molecule has 1 N–H and O–H groups in total. The number of halogens is 2. The minimum atomic E-state index is -0.783. The van der Waals surface area contributed by atoms with Gasteiger partial charge in [0.05, 0.1) is 10.6 Å². The van der Waals surface area contributed by atoms with E-state index in [0.717, 1.165) is 30.2 Å². The number of esters is 1. The number of nitrogens with zero attached hydrogens (tertiary/aromatic N) is 3. The maximum absolute atomic E-state index is 13.3. The first-order valence-corrected chi connectivity index (χ1v) is 10.5. The van der Waals surface area contributed by atoms with Crippen LogP contribution in [0, 0.1) is 15.9 Å². The van der Waals surface area contributed by atoms with E-state index in [1.165, 1.54) is 24.3 Å². The number of hydrogen-bond acceptors (Lipinski definition) is 6. The molecule has 1 aromatic heterocycles. The normalized spacial score (nSPS) is 12.7. The van der Waals surface area contributed by atoms with Gasteiger partial charge in [-0.2, -0.15) is 5.10 Å². The number of benzene rings is 2. The molecule has 0 atom stereocenters. The largest absolute Gasteiger partial charge is 0.451 e. The summed E-state index contributed by atoms with van der Waals surface area (Å²) in [6.45, 7) is -0.656. The number of amides is 1. The van der Waals surface area contributed by atoms with Gasteiger partial charge in [0.1, 0.15) is 11.5 Å². The minimum absolute atomic E-state index is 0.0663. The number of anilines is 1. The van der Waals surface area contributed by atoms with E-state index in [9.17, 15) is 24.1 Å². The van der Waals surface area contributed by atoms with E-state index in [1.807, 2.05) is 0 Å². The van der Waals surface area contributed by atoms with Crippen LogP contribution in [0.25, 0.3) is 5.69 Å². The fourth-order valence-electron chi connectivity index (χ4n) is 3.71. The van der Waals surface area contributed by atoms with Crippen molar-refractivity contribution >= 4 is 34.9 Å². The van der Waals surface area contributed by atoms with Gasteiger partial charge in [0.25, 0.3) is 11.6 Å². The van der Waals surface area contributed by atoms with Crippen LogP contribution in [0.2, 0.25) is 5.02 Å². The Kier molecular flexibility index (Phi) is 6.36. The van der Waals surface area contributed by atoms with E-state index in [4.69, 9.17) is 16.3 Å². The van der Waals surface area contributed by atoms with Gasteiger partial charge in [-0.05, 0) is 62.1 Å². The molecule has 1 amide bonds. The number of carbonyl (C=O) groups is 2. The maximum atomic E-state index is 13.3. The van der Waals surface area contributed by atoms with Gasteiger partial charge < -0.3 is 10.1 Å². The number of hydrogen-bond donors (Lipinski definition) is 1. The monoisotopic (exact) mass is 472 g/mol. The molecule has 2 aromatic carbocycles. The summed E-state index contributed by atoms with van der Waals surface area (Å²) in [6, 6.07) is 9.55. The highest BCUT2D eigenvalue weighted by atomic mass is 35.5. The number of carbonyl (C=O) groups excluding carboxylic acids is 2. The molecule has 3 aromatic rings. The lowest BCUT2D eigenvalue weighted by Crippen LogP contribution is -2.22. The second-order valence-electron chi connectivity index (χ2n) is 7.41. The molecule has 1 heterocycles. The van der Waals surface area contributed by atoms with Gasteiger partial charge in [-0.1, -0.05) is 11.6 Å². The zero-order valence-corrected chi connectivity index (χ0v) is 18.0. The third kappa shape index (κ3) is 4.85. The minimum Gasteiger partial charge on any atom is -0.451 e. The standard InChI is InChI=1S/C22H18ClFN4O5/c23-13-5-10-17(19(11-13)28(31)32)25-20(29)12-33-22(30)21-16-3-1-2-4-18(16)27(26-21)15-8-6-14(24)7-9-15/h5-11H,1-4,12H2,(H,25,29). The molecule has 0 radical (unpaired) electrons. The van der Waals surface area contributed by atoms with Crippen LogP contribution in [0.5, 0.6) is 0 Å². The summed E-state index contributed by atoms with van der Waals surface area (Å²) in [5, 5.41) is 18.0. The fourth-order valence-corrected chi connectivity index (χ4v) is 3.87. The smallest absolute Gasteiger partial charge is 0.359 e. The van der Waals surface area contributed by atoms with Crippen molar-refractivity contribution in [2.24, 2.45) is 0 Å². The van der Waals surface area contributed by atoms with Crippen LogP contribution in [0.1, 0.15) is 34.6 Å². The summed E-state index contributed by atoms with van der Waals surface area (Å²) in [7, 11) is 0. The fraction of sp³-hybridized carbons (Fsp3) is 0.227. The number of aromatic nitrogens is 2. The Labute approximate surface area is 192 Å². The van der Waals surface area contributed by atoms with Crippen LogP contribution in [-0.2, 0) is 22.4 Å². The number of nitro groups is 1. The molecule has 33 heavy (non-hydrogen) atoms. The average molecular weight is 473 g/mol. The van der Waals surface area contributed by atoms with Crippen LogP contribution < -0.4 is 5.32 Å². The Hall–Kier alpha value is -3.79. The number of nitro benzene ring substituents is 1. The maximum Gasteiger partial charge on any atom is 0.359 e. The lowest BCUT2D eigenvalue weighted by Gasteiger charge is -2.14. The van der Waals surface area contributed by atoms with E-state index in [-0.39, 0.29) is 27.9 Å². The van der Waals surface area contributed by atoms with Crippen molar-refractivity contribution in [1.29, 1.82) is 0 Å². The molecule has 9 nitrogen and oxygen atoms in total. The van der Waals surface area contributed by atoms with Gasteiger partial charge in [0.2, 0.25) is 0 Å². The second-order valence-corrected chi connectivity index (χ2v) is 7.85. The van der Waals surface area contributed by atoms with Crippen molar-refractivity contribution in [2.75, 3.05) is 11.9 Å². The molecule has 0 fully saturated rings. The number of fused-ring (bicyclic) bond motifs is 1. The Balaban J connectivity index is 1.50. The Bertz CT molecular complexity index is 1240.